The van der Waals surface area contributed by atoms with Gasteiger partial charge in [0.25, 0.3) is 0 Å². The Morgan fingerprint density at radius 3 is 2.73 bits per heavy atom. The van der Waals surface area contributed by atoms with Crippen LogP contribution in [0.25, 0.3) is 10.9 Å². The summed E-state index contributed by atoms with van der Waals surface area (Å²) in [4.78, 5) is 13.4. The van der Waals surface area contributed by atoms with Crippen LogP contribution < -0.4 is 9.47 Å². The van der Waals surface area contributed by atoms with Crippen molar-refractivity contribution in [2.45, 2.75) is 25.1 Å². The number of halogens is 5. The lowest BCUT2D eigenvalue weighted by atomic mass is 10.2. The molecule has 1 atom stereocenters. The van der Waals surface area contributed by atoms with Crippen molar-refractivity contribution < 1.29 is 27.0 Å². The molecule has 0 aromatic carbocycles. The third kappa shape index (κ3) is 4.24. The Bertz CT molecular complexity index is 805. The number of pyridine rings is 1. The fraction of sp³-hybridized carbons (Fsp3) is 0.533. The lowest BCUT2D eigenvalue weighted by molar-refractivity contribution is -0.153. The second-order valence-electron chi connectivity index (χ2n) is 5.93. The predicted molar refractivity (Wildman–Crippen MR) is 85.0 cm³/mol. The van der Waals surface area contributed by atoms with Crippen molar-refractivity contribution >= 4 is 22.5 Å². The van der Waals surface area contributed by atoms with Crippen molar-refractivity contribution in [1.29, 1.82) is 0 Å². The van der Waals surface area contributed by atoms with Crippen LogP contribution in [0.4, 0.5) is 17.6 Å². The Morgan fingerprint density at radius 2 is 2.08 bits per heavy atom. The van der Waals surface area contributed by atoms with Gasteiger partial charge in [-0.1, -0.05) is 11.6 Å². The number of likely N-dealkylation sites (N-methyl/N-ethyl adjacent to an activating group) is 1. The van der Waals surface area contributed by atoms with Gasteiger partial charge in [-0.2, -0.15) is 23.1 Å². The summed E-state index contributed by atoms with van der Waals surface area (Å²) in [6.07, 6.45) is -1.60. The average Bonchev–Trinajstić information content (AvgIpc) is 2.99. The average molecular weight is 395 g/mol. The summed E-state index contributed by atoms with van der Waals surface area (Å²) in [6.45, 7) is -0.447. The molecule has 6 nitrogen and oxygen atoms in total. The molecule has 1 aliphatic rings. The standard InChI is InChI=1S/C15H15ClF4N4O2/c1-24-4-2-3-8(24)6-25-14-22-11-9(5-21-12(16)10(11)17)13(23-14)26-7-15(18,19)20/h5,8H,2-4,6-7H2,1H3. The zero-order chi connectivity index (χ0) is 18.9. The minimum absolute atomic E-state index is 0.124. The Balaban J connectivity index is 1.91. The molecule has 3 heterocycles. The molecule has 0 N–H and O–H groups in total. The van der Waals surface area contributed by atoms with Gasteiger partial charge in [0.2, 0.25) is 5.88 Å². The lowest BCUT2D eigenvalue weighted by Crippen LogP contribution is -2.31. The molecule has 26 heavy (non-hydrogen) atoms. The molecule has 1 fully saturated rings. The van der Waals surface area contributed by atoms with E-state index >= 15 is 0 Å². The van der Waals surface area contributed by atoms with Crippen LogP contribution in [0, 0.1) is 5.82 Å². The summed E-state index contributed by atoms with van der Waals surface area (Å²) >= 11 is 5.63. The summed E-state index contributed by atoms with van der Waals surface area (Å²) < 4.78 is 61.8. The maximum absolute atomic E-state index is 14.2. The van der Waals surface area contributed by atoms with E-state index in [1.54, 1.807) is 0 Å². The van der Waals surface area contributed by atoms with Gasteiger partial charge in [-0.15, -0.1) is 0 Å². The molecule has 1 saturated heterocycles. The van der Waals surface area contributed by atoms with Crippen LogP contribution in [0.5, 0.6) is 11.9 Å². The minimum Gasteiger partial charge on any atom is -0.467 e. The van der Waals surface area contributed by atoms with E-state index in [2.05, 4.69) is 19.9 Å². The molecule has 0 radical (unpaired) electrons. The first-order valence-electron chi connectivity index (χ1n) is 7.79. The highest BCUT2D eigenvalue weighted by atomic mass is 35.5. The molecule has 2 aromatic heterocycles. The Labute approximate surface area is 151 Å². The molecule has 11 heteroatoms. The van der Waals surface area contributed by atoms with Crippen molar-refractivity contribution in [2.75, 3.05) is 26.8 Å². The summed E-state index contributed by atoms with van der Waals surface area (Å²) in [5, 5.41) is -0.582. The molecule has 0 saturated carbocycles. The number of likely N-dealkylation sites (tertiary alicyclic amines) is 1. The summed E-state index contributed by atoms with van der Waals surface area (Å²) in [6, 6.07) is -0.157. The van der Waals surface area contributed by atoms with Gasteiger partial charge in [-0.3, -0.25) is 0 Å². The molecule has 0 spiro atoms. The number of fused-ring (bicyclic) bond motifs is 1. The number of hydrogen-bond acceptors (Lipinski definition) is 6. The number of alkyl halides is 3. The molecule has 2 aromatic rings. The van der Waals surface area contributed by atoms with Crippen LogP contribution >= 0.6 is 11.6 Å². The summed E-state index contributed by atoms with van der Waals surface area (Å²) in [5.41, 5.74) is -0.313. The normalized spacial score (nSPS) is 18.5. The maximum atomic E-state index is 14.2. The smallest absolute Gasteiger partial charge is 0.422 e. The maximum Gasteiger partial charge on any atom is 0.422 e. The molecule has 3 rings (SSSR count). The van der Waals surface area contributed by atoms with E-state index in [4.69, 9.17) is 21.1 Å². The molecule has 1 aliphatic heterocycles. The highest BCUT2D eigenvalue weighted by Crippen LogP contribution is 2.30. The van der Waals surface area contributed by atoms with Gasteiger partial charge in [-0.05, 0) is 26.4 Å². The number of rotatable bonds is 5. The highest BCUT2D eigenvalue weighted by Gasteiger charge is 2.30. The number of ether oxygens (including phenoxy) is 2. The van der Waals surface area contributed by atoms with Crippen LogP contribution in [0.3, 0.4) is 0 Å². The second kappa shape index (κ2) is 7.36. The van der Waals surface area contributed by atoms with E-state index < -0.39 is 29.6 Å². The number of aromatic nitrogens is 3. The van der Waals surface area contributed by atoms with Crippen LogP contribution in [-0.2, 0) is 0 Å². The van der Waals surface area contributed by atoms with E-state index in [1.165, 1.54) is 0 Å². The summed E-state index contributed by atoms with van der Waals surface area (Å²) in [5.74, 6) is -1.45. The van der Waals surface area contributed by atoms with Crippen molar-refractivity contribution in [3.05, 3.63) is 17.2 Å². The van der Waals surface area contributed by atoms with E-state index in [0.717, 1.165) is 25.6 Å². The third-order valence-corrected chi connectivity index (χ3v) is 4.30. The predicted octanol–water partition coefficient (Wildman–Crippen LogP) is 3.23. The first kappa shape index (κ1) is 18.8. The quantitative estimate of drug-likeness (QED) is 0.573. The first-order valence-corrected chi connectivity index (χ1v) is 8.17. The fourth-order valence-corrected chi connectivity index (χ4v) is 2.81. The molecule has 142 valence electrons. The Morgan fingerprint density at radius 1 is 1.31 bits per heavy atom. The Kier molecular flexibility index (Phi) is 5.33. The van der Waals surface area contributed by atoms with Gasteiger partial charge in [0.05, 0.1) is 5.39 Å². The van der Waals surface area contributed by atoms with Crippen LogP contribution in [0.2, 0.25) is 5.15 Å². The van der Waals surface area contributed by atoms with Crippen LogP contribution in [0.1, 0.15) is 12.8 Å². The van der Waals surface area contributed by atoms with Gasteiger partial charge in [0.1, 0.15) is 12.1 Å². The topological polar surface area (TPSA) is 60.4 Å². The van der Waals surface area contributed by atoms with Crippen LogP contribution in [0.15, 0.2) is 6.20 Å². The number of nitrogens with zero attached hydrogens (tertiary/aromatic N) is 4. The zero-order valence-corrected chi connectivity index (χ0v) is 14.4. The lowest BCUT2D eigenvalue weighted by Gasteiger charge is -2.19. The first-order chi connectivity index (χ1) is 12.2. The molecule has 0 aliphatic carbocycles. The third-order valence-electron chi connectivity index (χ3n) is 4.04. The summed E-state index contributed by atoms with van der Waals surface area (Å²) in [7, 11) is 1.94. The van der Waals surface area contributed by atoms with Gasteiger partial charge < -0.3 is 14.4 Å². The largest absolute Gasteiger partial charge is 0.467 e. The van der Waals surface area contributed by atoms with Crippen LogP contribution in [-0.4, -0.2) is 58.9 Å². The van der Waals surface area contributed by atoms with Gasteiger partial charge in [-0.25, -0.2) is 9.37 Å². The van der Waals surface area contributed by atoms with Crippen molar-refractivity contribution in [3.63, 3.8) is 0 Å². The second-order valence-corrected chi connectivity index (χ2v) is 6.29. The van der Waals surface area contributed by atoms with E-state index in [9.17, 15) is 17.6 Å². The molecular weight excluding hydrogens is 380 g/mol. The molecule has 0 bridgehead atoms. The SMILES string of the molecule is CN1CCCC1COc1nc(OCC(F)(F)F)c2cnc(Cl)c(F)c2n1. The highest BCUT2D eigenvalue weighted by molar-refractivity contribution is 6.30. The van der Waals surface area contributed by atoms with Gasteiger partial charge in [0, 0.05) is 12.2 Å². The molecular formula is C15H15ClF4N4O2. The molecule has 0 amide bonds. The van der Waals surface area contributed by atoms with Gasteiger partial charge in [0.15, 0.2) is 17.6 Å². The van der Waals surface area contributed by atoms with E-state index in [0.29, 0.717) is 0 Å². The Hall–Kier alpha value is -1.94. The minimum atomic E-state index is -4.58. The van der Waals surface area contributed by atoms with Gasteiger partial charge >= 0.3 is 12.2 Å². The monoisotopic (exact) mass is 394 g/mol. The number of hydrogen-bond donors (Lipinski definition) is 0. The van der Waals surface area contributed by atoms with Crippen molar-refractivity contribution in [1.82, 2.24) is 19.9 Å². The fourth-order valence-electron chi connectivity index (χ4n) is 2.67. The molecule has 1 unspecified atom stereocenters. The van der Waals surface area contributed by atoms with E-state index in [1.807, 2.05) is 7.05 Å². The van der Waals surface area contributed by atoms with Crippen molar-refractivity contribution in [2.24, 2.45) is 0 Å². The van der Waals surface area contributed by atoms with E-state index in [-0.39, 0.29) is 29.6 Å². The zero-order valence-electron chi connectivity index (χ0n) is 13.7. The van der Waals surface area contributed by atoms with Crippen molar-refractivity contribution in [3.8, 4) is 11.9 Å².